The lowest BCUT2D eigenvalue weighted by atomic mass is 10.0. The molecule has 2 heteroatoms. The summed E-state index contributed by atoms with van der Waals surface area (Å²) < 4.78 is 0. The standard InChI is InChI=1S/C14H16N2/c1-11(15-2)13-4-3-5-14(10-13)12-6-8-16-9-7-12/h3-11,15H,1-2H3. The molecule has 1 unspecified atom stereocenters. The number of hydrogen-bond acceptors (Lipinski definition) is 2. The van der Waals surface area contributed by atoms with E-state index in [2.05, 4.69) is 41.5 Å². The Bertz CT molecular complexity index is 451. The van der Waals surface area contributed by atoms with Crippen LogP contribution in [0.3, 0.4) is 0 Å². The first-order chi connectivity index (χ1) is 7.81. The highest BCUT2D eigenvalue weighted by molar-refractivity contribution is 5.63. The normalized spacial score (nSPS) is 12.4. The third kappa shape index (κ3) is 2.28. The smallest absolute Gasteiger partial charge is 0.0289 e. The zero-order chi connectivity index (χ0) is 11.4. The Morgan fingerprint density at radius 2 is 1.81 bits per heavy atom. The Morgan fingerprint density at radius 3 is 2.50 bits per heavy atom. The van der Waals surface area contributed by atoms with Gasteiger partial charge in [-0.15, -0.1) is 0 Å². The highest BCUT2D eigenvalue weighted by Crippen LogP contribution is 2.22. The van der Waals surface area contributed by atoms with Crippen molar-refractivity contribution in [1.82, 2.24) is 10.3 Å². The van der Waals surface area contributed by atoms with Crippen molar-refractivity contribution in [3.63, 3.8) is 0 Å². The van der Waals surface area contributed by atoms with Gasteiger partial charge in [-0.25, -0.2) is 0 Å². The van der Waals surface area contributed by atoms with E-state index in [9.17, 15) is 0 Å². The molecule has 0 aliphatic heterocycles. The molecule has 0 amide bonds. The Labute approximate surface area is 96.4 Å². The Kier molecular flexibility index (Phi) is 3.32. The van der Waals surface area contributed by atoms with Crippen LogP contribution in [-0.2, 0) is 0 Å². The molecule has 0 saturated carbocycles. The molecule has 0 radical (unpaired) electrons. The summed E-state index contributed by atoms with van der Waals surface area (Å²) in [4.78, 5) is 4.03. The molecule has 2 rings (SSSR count). The van der Waals surface area contributed by atoms with Gasteiger partial charge in [-0.05, 0) is 48.9 Å². The first-order valence-electron chi connectivity index (χ1n) is 5.49. The molecular weight excluding hydrogens is 196 g/mol. The summed E-state index contributed by atoms with van der Waals surface area (Å²) in [7, 11) is 1.98. The van der Waals surface area contributed by atoms with E-state index in [0.717, 1.165) is 0 Å². The molecule has 16 heavy (non-hydrogen) atoms. The van der Waals surface area contributed by atoms with Crippen LogP contribution in [0.15, 0.2) is 48.8 Å². The van der Waals surface area contributed by atoms with Crippen LogP contribution < -0.4 is 5.32 Å². The SMILES string of the molecule is CNC(C)c1cccc(-c2ccncc2)c1. The van der Waals surface area contributed by atoms with E-state index < -0.39 is 0 Å². The number of hydrogen-bond donors (Lipinski definition) is 1. The minimum atomic E-state index is 0.377. The number of pyridine rings is 1. The predicted octanol–water partition coefficient (Wildman–Crippen LogP) is 3.03. The minimum Gasteiger partial charge on any atom is -0.313 e. The molecule has 1 N–H and O–H groups in total. The molecule has 82 valence electrons. The van der Waals surface area contributed by atoms with Crippen molar-refractivity contribution in [2.75, 3.05) is 7.05 Å². The molecule has 0 fully saturated rings. The molecule has 1 aromatic carbocycles. The average Bonchev–Trinajstić information content (AvgIpc) is 2.39. The quantitative estimate of drug-likeness (QED) is 0.846. The van der Waals surface area contributed by atoms with Gasteiger partial charge in [-0.3, -0.25) is 4.98 Å². The van der Waals surface area contributed by atoms with Crippen molar-refractivity contribution in [2.45, 2.75) is 13.0 Å². The van der Waals surface area contributed by atoms with Gasteiger partial charge in [0.05, 0.1) is 0 Å². The summed E-state index contributed by atoms with van der Waals surface area (Å²) >= 11 is 0. The van der Waals surface area contributed by atoms with Crippen molar-refractivity contribution < 1.29 is 0 Å². The largest absolute Gasteiger partial charge is 0.313 e. The molecule has 0 spiro atoms. The third-order valence-corrected chi connectivity index (χ3v) is 2.83. The van der Waals surface area contributed by atoms with Gasteiger partial charge in [0.1, 0.15) is 0 Å². The second-order valence-electron chi connectivity index (χ2n) is 3.87. The number of benzene rings is 1. The minimum absolute atomic E-state index is 0.377. The number of rotatable bonds is 3. The molecule has 0 aliphatic carbocycles. The van der Waals surface area contributed by atoms with Crippen molar-refractivity contribution in [2.24, 2.45) is 0 Å². The van der Waals surface area contributed by atoms with E-state index >= 15 is 0 Å². The van der Waals surface area contributed by atoms with E-state index in [1.54, 1.807) is 0 Å². The highest BCUT2D eigenvalue weighted by atomic mass is 14.8. The Balaban J connectivity index is 2.36. The van der Waals surface area contributed by atoms with Gasteiger partial charge >= 0.3 is 0 Å². The third-order valence-electron chi connectivity index (χ3n) is 2.83. The van der Waals surface area contributed by atoms with Gasteiger partial charge in [-0.2, -0.15) is 0 Å². The molecule has 2 nitrogen and oxygen atoms in total. The summed E-state index contributed by atoms with van der Waals surface area (Å²) in [6.45, 7) is 2.16. The Morgan fingerprint density at radius 1 is 1.06 bits per heavy atom. The van der Waals surface area contributed by atoms with E-state index in [1.807, 2.05) is 31.6 Å². The lowest BCUT2D eigenvalue weighted by Gasteiger charge is -2.12. The molecule has 1 aromatic heterocycles. The average molecular weight is 212 g/mol. The molecule has 1 atom stereocenters. The maximum absolute atomic E-state index is 4.03. The second-order valence-corrected chi connectivity index (χ2v) is 3.87. The molecule has 0 saturated heterocycles. The van der Waals surface area contributed by atoms with Gasteiger partial charge in [0.15, 0.2) is 0 Å². The number of nitrogens with zero attached hydrogens (tertiary/aromatic N) is 1. The van der Waals surface area contributed by atoms with Crippen LogP contribution >= 0.6 is 0 Å². The fourth-order valence-corrected chi connectivity index (χ4v) is 1.70. The van der Waals surface area contributed by atoms with Crippen LogP contribution in [0.1, 0.15) is 18.5 Å². The monoisotopic (exact) mass is 212 g/mol. The topological polar surface area (TPSA) is 24.9 Å². The van der Waals surface area contributed by atoms with E-state index in [0.29, 0.717) is 6.04 Å². The number of aromatic nitrogens is 1. The van der Waals surface area contributed by atoms with Crippen LogP contribution in [0.2, 0.25) is 0 Å². The van der Waals surface area contributed by atoms with Crippen LogP contribution in [0, 0.1) is 0 Å². The predicted molar refractivity (Wildman–Crippen MR) is 67.1 cm³/mol. The molecular formula is C14H16N2. The first-order valence-corrected chi connectivity index (χ1v) is 5.49. The van der Waals surface area contributed by atoms with Gasteiger partial charge in [0.25, 0.3) is 0 Å². The van der Waals surface area contributed by atoms with E-state index in [-0.39, 0.29) is 0 Å². The Hall–Kier alpha value is -1.67. The van der Waals surface area contributed by atoms with Crippen molar-refractivity contribution in [3.8, 4) is 11.1 Å². The lowest BCUT2D eigenvalue weighted by Crippen LogP contribution is -2.12. The molecule has 0 bridgehead atoms. The van der Waals surface area contributed by atoms with Gasteiger partial charge in [0, 0.05) is 18.4 Å². The van der Waals surface area contributed by atoms with Gasteiger partial charge in [0.2, 0.25) is 0 Å². The lowest BCUT2D eigenvalue weighted by molar-refractivity contribution is 0.652. The zero-order valence-corrected chi connectivity index (χ0v) is 9.64. The van der Waals surface area contributed by atoms with Gasteiger partial charge in [-0.1, -0.05) is 18.2 Å². The maximum atomic E-state index is 4.03. The highest BCUT2D eigenvalue weighted by Gasteiger charge is 2.03. The molecule has 1 heterocycles. The fraction of sp³-hybridized carbons (Fsp3) is 0.214. The van der Waals surface area contributed by atoms with Crippen LogP contribution in [0.5, 0.6) is 0 Å². The summed E-state index contributed by atoms with van der Waals surface area (Å²) in [6.07, 6.45) is 3.65. The van der Waals surface area contributed by atoms with Gasteiger partial charge < -0.3 is 5.32 Å². The maximum Gasteiger partial charge on any atom is 0.0289 e. The fourth-order valence-electron chi connectivity index (χ4n) is 1.70. The molecule has 2 aromatic rings. The zero-order valence-electron chi connectivity index (χ0n) is 9.64. The van der Waals surface area contributed by atoms with Crippen LogP contribution in [0.4, 0.5) is 0 Å². The first kappa shape index (κ1) is 10.8. The summed E-state index contributed by atoms with van der Waals surface area (Å²) in [6, 6.07) is 13.0. The molecule has 0 aliphatic rings. The summed E-state index contributed by atoms with van der Waals surface area (Å²) in [5.41, 5.74) is 3.75. The van der Waals surface area contributed by atoms with Crippen molar-refractivity contribution in [1.29, 1.82) is 0 Å². The van der Waals surface area contributed by atoms with Crippen molar-refractivity contribution >= 4 is 0 Å². The number of nitrogens with one attached hydrogen (secondary N) is 1. The van der Waals surface area contributed by atoms with Crippen molar-refractivity contribution in [3.05, 3.63) is 54.4 Å². The summed E-state index contributed by atoms with van der Waals surface area (Å²) in [5.74, 6) is 0. The van der Waals surface area contributed by atoms with E-state index in [1.165, 1.54) is 16.7 Å². The van der Waals surface area contributed by atoms with Crippen LogP contribution in [-0.4, -0.2) is 12.0 Å². The van der Waals surface area contributed by atoms with Crippen LogP contribution in [0.25, 0.3) is 11.1 Å². The summed E-state index contributed by atoms with van der Waals surface area (Å²) in [5, 5.41) is 3.25. The van der Waals surface area contributed by atoms with E-state index in [4.69, 9.17) is 0 Å². The second kappa shape index (κ2) is 4.90.